The van der Waals surface area contributed by atoms with Crippen molar-refractivity contribution >= 4 is 17.4 Å². The van der Waals surface area contributed by atoms with Crippen LogP contribution in [0.4, 0.5) is 5.69 Å². The second-order valence-electron chi connectivity index (χ2n) is 5.87. The summed E-state index contributed by atoms with van der Waals surface area (Å²) in [7, 11) is 0. The van der Waals surface area contributed by atoms with Gasteiger partial charge >= 0.3 is 0 Å². The van der Waals surface area contributed by atoms with Gasteiger partial charge in [-0.25, -0.2) is 0 Å². The molecule has 1 saturated carbocycles. The molecule has 0 aliphatic heterocycles. The molecule has 0 saturated heterocycles. The van der Waals surface area contributed by atoms with Gasteiger partial charge in [0.15, 0.2) is 0 Å². The van der Waals surface area contributed by atoms with E-state index in [0.717, 1.165) is 17.7 Å². The molecule has 22 heavy (non-hydrogen) atoms. The summed E-state index contributed by atoms with van der Waals surface area (Å²) in [5, 5.41) is 2.89. The molecule has 0 radical (unpaired) electrons. The maximum atomic E-state index is 12.3. The molecule has 3 rings (SSSR count). The lowest BCUT2D eigenvalue weighted by molar-refractivity contribution is -0.117. The number of hydrogen-bond donors (Lipinski definition) is 1. The number of para-hydroxylation sites is 1. The highest BCUT2D eigenvalue weighted by molar-refractivity contribution is 6.04. The summed E-state index contributed by atoms with van der Waals surface area (Å²) in [5.74, 6) is 0.553. The number of benzene rings is 2. The molecule has 1 fully saturated rings. The van der Waals surface area contributed by atoms with E-state index in [9.17, 15) is 9.59 Å². The van der Waals surface area contributed by atoms with Crippen LogP contribution in [-0.2, 0) is 4.79 Å². The van der Waals surface area contributed by atoms with Crippen molar-refractivity contribution in [3.05, 3.63) is 65.2 Å². The minimum absolute atomic E-state index is 0.108. The largest absolute Gasteiger partial charge is 0.322 e. The van der Waals surface area contributed by atoms with E-state index < -0.39 is 0 Å². The van der Waals surface area contributed by atoms with Gasteiger partial charge in [-0.05, 0) is 54.7 Å². The van der Waals surface area contributed by atoms with E-state index >= 15 is 0 Å². The lowest BCUT2D eigenvalue weighted by Crippen LogP contribution is -2.12. The van der Waals surface area contributed by atoms with Gasteiger partial charge in [-0.1, -0.05) is 24.3 Å². The second kappa shape index (κ2) is 6.14. The van der Waals surface area contributed by atoms with Crippen LogP contribution in [0.15, 0.2) is 48.5 Å². The minimum atomic E-state index is -0.108. The Morgan fingerprint density at radius 2 is 1.91 bits per heavy atom. The molecule has 1 N–H and O–H groups in total. The van der Waals surface area contributed by atoms with Crippen molar-refractivity contribution in [3.8, 4) is 0 Å². The van der Waals surface area contributed by atoms with E-state index in [1.54, 1.807) is 0 Å². The predicted molar refractivity (Wildman–Crippen MR) is 87.2 cm³/mol. The van der Waals surface area contributed by atoms with Gasteiger partial charge in [-0.3, -0.25) is 9.59 Å². The Kier molecular flexibility index (Phi) is 4.05. The molecule has 1 aliphatic carbocycles. The predicted octanol–water partition coefficient (Wildman–Crippen LogP) is 4.08. The smallest absolute Gasteiger partial charge is 0.255 e. The highest BCUT2D eigenvalue weighted by Crippen LogP contribution is 2.34. The lowest BCUT2D eigenvalue weighted by Gasteiger charge is -2.14. The number of carbonyl (C=O) groups is 2. The number of hydrogen-bond acceptors (Lipinski definition) is 2. The van der Waals surface area contributed by atoms with Gasteiger partial charge in [0.25, 0.3) is 5.91 Å². The van der Waals surface area contributed by atoms with Crippen molar-refractivity contribution in [2.75, 3.05) is 5.32 Å². The Morgan fingerprint density at radius 1 is 1.14 bits per heavy atom. The molecule has 1 unspecified atom stereocenters. The Morgan fingerprint density at radius 3 is 2.55 bits per heavy atom. The molecular weight excluding hydrogens is 274 g/mol. The van der Waals surface area contributed by atoms with Crippen LogP contribution in [0.5, 0.6) is 0 Å². The number of carbonyl (C=O) groups excluding carboxylic acids is 2. The zero-order valence-electron chi connectivity index (χ0n) is 12.6. The Bertz CT molecular complexity index is 707. The minimum Gasteiger partial charge on any atom is -0.322 e. The molecule has 3 nitrogen and oxygen atoms in total. The van der Waals surface area contributed by atoms with Gasteiger partial charge in [-0.2, -0.15) is 0 Å². The number of Topliss-reactive ketones (excluding diaryl/α,β-unsaturated/α-hetero) is 1. The van der Waals surface area contributed by atoms with Crippen LogP contribution >= 0.6 is 0 Å². The summed E-state index contributed by atoms with van der Waals surface area (Å²) in [6, 6.07) is 15.2. The molecule has 1 aliphatic rings. The average Bonchev–Trinajstić information content (AvgIpc) is 2.94. The Hall–Kier alpha value is -2.42. The molecule has 112 valence electrons. The van der Waals surface area contributed by atoms with Crippen molar-refractivity contribution in [2.24, 2.45) is 0 Å². The van der Waals surface area contributed by atoms with Crippen LogP contribution in [0.2, 0.25) is 0 Å². The van der Waals surface area contributed by atoms with Crippen LogP contribution in [0.3, 0.4) is 0 Å². The molecule has 0 heterocycles. The molecule has 3 heteroatoms. The first-order valence-electron chi connectivity index (χ1n) is 7.62. The first-order chi connectivity index (χ1) is 10.6. The van der Waals surface area contributed by atoms with Crippen molar-refractivity contribution in [2.45, 2.75) is 32.1 Å². The Balaban J connectivity index is 1.77. The fourth-order valence-electron chi connectivity index (χ4n) is 3.08. The highest BCUT2D eigenvalue weighted by atomic mass is 16.1. The summed E-state index contributed by atoms with van der Waals surface area (Å²) in [4.78, 5) is 23.7. The number of anilines is 1. The Labute approximate surface area is 130 Å². The molecule has 1 amide bonds. The number of ketones is 1. The SMILES string of the molecule is Cc1cc(C(=O)Nc2ccccc2)ccc1C1CCC(=O)C1. The normalized spacial score (nSPS) is 17.5. The third-order valence-electron chi connectivity index (χ3n) is 4.25. The third-order valence-corrected chi connectivity index (χ3v) is 4.25. The highest BCUT2D eigenvalue weighted by Gasteiger charge is 2.24. The van der Waals surface area contributed by atoms with E-state index in [1.807, 2.05) is 55.5 Å². The van der Waals surface area contributed by atoms with Crippen LogP contribution in [0, 0.1) is 6.92 Å². The van der Waals surface area contributed by atoms with Gasteiger partial charge in [0.05, 0.1) is 0 Å². The van der Waals surface area contributed by atoms with Crippen LogP contribution in [0.25, 0.3) is 0 Å². The fraction of sp³-hybridized carbons (Fsp3) is 0.263. The van der Waals surface area contributed by atoms with Gasteiger partial charge in [0, 0.05) is 24.1 Å². The zero-order valence-corrected chi connectivity index (χ0v) is 12.6. The van der Waals surface area contributed by atoms with Crippen molar-refractivity contribution < 1.29 is 9.59 Å². The molecule has 2 aromatic rings. The molecule has 0 aromatic heterocycles. The van der Waals surface area contributed by atoms with Crippen LogP contribution in [-0.4, -0.2) is 11.7 Å². The van der Waals surface area contributed by atoms with E-state index in [2.05, 4.69) is 5.32 Å². The number of aryl methyl sites for hydroxylation is 1. The van der Waals surface area contributed by atoms with Crippen molar-refractivity contribution in [1.29, 1.82) is 0 Å². The summed E-state index contributed by atoms with van der Waals surface area (Å²) < 4.78 is 0. The van der Waals surface area contributed by atoms with Crippen molar-refractivity contribution in [1.82, 2.24) is 0 Å². The van der Waals surface area contributed by atoms with E-state index in [0.29, 0.717) is 30.1 Å². The van der Waals surface area contributed by atoms with Crippen LogP contribution in [0.1, 0.15) is 46.7 Å². The van der Waals surface area contributed by atoms with E-state index in [1.165, 1.54) is 5.56 Å². The molecule has 0 bridgehead atoms. The lowest BCUT2D eigenvalue weighted by atomic mass is 9.92. The van der Waals surface area contributed by atoms with E-state index in [4.69, 9.17) is 0 Å². The maximum absolute atomic E-state index is 12.3. The molecule has 0 spiro atoms. The van der Waals surface area contributed by atoms with Crippen LogP contribution < -0.4 is 5.32 Å². The van der Waals surface area contributed by atoms with Gasteiger partial charge in [-0.15, -0.1) is 0 Å². The first kappa shape index (κ1) is 14.5. The van der Waals surface area contributed by atoms with Gasteiger partial charge in [0.1, 0.15) is 5.78 Å². The van der Waals surface area contributed by atoms with Gasteiger partial charge < -0.3 is 5.32 Å². The quantitative estimate of drug-likeness (QED) is 0.926. The monoisotopic (exact) mass is 293 g/mol. The summed E-state index contributed by atoms with van der Waals surface area (Å²) in [6.45, 7) is 2.01. The third kappa shape index (κ3) is 3.08. The summed E-state index contributed by atoms with van der Waals surface area (Å²) in [6.07, 6.45) is 2.24. The number of amides is 1. The number of nitrogens with one attached hydrogen (secondary N) is 1. The number of rotatable bonds is 3. The van der Waals surface area contributed by atoms with E-state index in [-0.39, 0.29) is 5.91 Å². The second-order valence-corrected chi connectivity index (χ2v) is 5.87. The average molecular weight is 293 g/mol. The fourth-order valence-corrected chi connectivity index (χ4v) is 3.08. The summed E-state index contributed by atoms with van der Waals surface area (Å²) in [5.41, 5.74) is 3.72. The molecule has 1 atom stereocenters. The van der Waals surface area contributed by atoms with Gasteiger partial charge in [0.2, 0.25) is 0 Å². The molecular formula is C19H19NO2. The topological polar surface area (TPSA) is 46.2 Å². The zero-order chi connectivity index (χ0) is 15.5. The summed E-state index contributed by atoms with van der Waals surface area (Å²) >= 11 is 0. The van der Waals surface area contributed by atoms with Crippen molar-refractivity contribution in [3.63, 3.8) is 0 Å². The standard InChI is InChI=1S/C19H19NO2/c1-13-11-15(19(22)20-16-5-3-2-4-6-16)8-10-18(13)14-7-9-17(21)12-14/h2-6,8,10-11,14H,7,9,12H2,1H3,(H,20,22). The molecule has 2 aromatic carbocycles. The maximum Gasteiger partial charge on any atom is 0.255 e. The first-order valence-corrected chi connectivity index (χ1v) is 7.62.